The fraction of sp³-hybridized carbons (Fsp3) is 0. The maximum Gasteiger partial charge on any atom is 0.335 e. The van der Waals surface area contributed by atoms with E-state index < -0.39 is 11.9 Å². The van der Waals surface area contributed by atoms with Gasteiger partial charge in [-0.3, -0.25) is 10.1 Å². The third-order valence-corrected chi connectivity index (χ3v) is 4.22. The topological polar surface area (TPSA) is 78.4 Å². The summed E-state index contributed by atoms with van der Waals surface area (Å²) in [6, 6.07) is 8.92. The number of hydrogen-bond acceptors (Lipinski definition) is 3. The zero-order chi connectivity index (χ0) is 17.9. The van der Waals surface area contributed by atoms with Crippen LogP contribution in [-0.4, -0.2) is 22.1 Å². The molecule has 0 saturated carbocycles. The van der Waals surface area contributed by atoms with Crippen molar-refractivity contribution in [2.45, 2.75) is 0 Å². The van der Waals surface area contributed by atoms with Crippen LogP contribution in [0.3, 0.4) is 0 Å². The lowest BCUT2D eigenvalue weighted by atomic mass is 10.2. The van der Waals surface area contributed by atoms with Gasteiger partial charge in [-0.25, -0.2) is 4.79 Å². The molecule has 2 aromatic rings. The molecule has 0 unspecified atom stereocenters. The summed E-state index contributed by atoms with van der Waals surface area (Å²) >= 11 is 20.3. The molecule has 0 fully saturated rings. The van der Waals surface area contributed by atoms with Crippen LogP contribution in [0.4, 0.5) is 5.69 Å². The molecule has 0 saturated heterocycles. The Balaban J connectivity index is 2.13. The normalized spacial score (nSPS) is 10.1. The smallest absolute Gasteiger partial charge is 0.335 e. The number of hydrogen-bond donors (Lipinski definition) is 3. The number of carbonyl (C=O) groups is 2. The molecular weight excluding hydrogens is 439 g/mol. The third kappa shape index (κ3) is 4.67. The van der Waals surface area contributed by atoms with Crippen LogP contribution in [0.2, 0.25) is 10.0 Å². The van der Waals surface area contributed by atoms with Crippen molar-refractivity contribution in [3.63, 3.8) is 0 Å². The summed E-state index contributed by atoms with van der Waals surface area (Å²) in [5, 5.41) is 14.6. The number of amides is 1. The zero-order valence-electron chi connectivity index (χ0n) is 11.8. The molecule has 0 aromatic heterocycles. The van der Waals surface area contributed by atoms with Crippen molar-refractivity contribution >= 4 is 74.0 Å². The third-order valence-electron chi connectivity index (χ3n) is 2.86. The summed E-state index contributed by atoms with van der Waals surface area (Å²) in [5.74, 6) is -1.62. The van der Waals surface area contributed by atoms with Gasteiger partial charge in [-0.05, 0) is 48.6 Å². The van der Waals surface area contributed by atoms with Gasteiger partial charge in [0.15, 0.2) is 5.11 Å². The minimum absolute atomic E-state index is 0.0334. The van der Waals surface area contributed by atoms with Crippen LogP contribution in [0, 0.1) is 0 Å². The van der Waals surface area contributed by atoms with Crippen LogP contribution in [-0.2, 0) is 0 Å². The van der Waals surface area contributed by atoms with Gasteiger partial charge in [0, 0.05) is 4.47 Å². The van der Waals surface area contributed by atoms with Gasteiger partial charge >= 0.3 is 5.97 Å². The molecule has 0 radical (unpaired) electrons. The van der Waals surface area contributed by atoms with Crippen molar-refractivity contribution in [1.82, 2.24) is 5.32 Å². The molecule has 0 atom stereocenters. The van der Waals surface area contributed by atoms with E-state index in [9.17, 15) is 9.59 Å². The molecule has 0 aliphatic heterocycles. The molecule has 9 heteroatoms. The molecule has 0 aliphatic rings. The van der Waals surface area contributed by atoms with Crippen molar-refractivity contribution in [2.75, 3.05) is 5.32 Å². The first-order valence-corrected chi connectivity index (χ1v) is 8.34. The number of carboxylic acids is 1. The fourth-order valence-electron chi connectivity index (χ4n) is 1.75. The summed E-state index contributed by atoms with van der Waals surface area (Å²) in [5.41, 5.74) is 0.536. The first-order chi connectivity index (χ1) is 11.3. The molecular formula is C15H9BrCl2N2O3S. The Morgan fingerprint density at radius 2 is 1.75 bits per heavy atom. The lowest BCUT2D eigenvalue weighted by Crippen LogP contribution is -2.34. The van der Waals surface area contributed by atoms with E-state index in [-0.39, 0.29) is 32.0 Å². The Morgan fingerprint density at radius 3 is 2.42 bits per heavy atom. The van der Waals surface area contributed by atoms with Crippen LogP contribution in [0.1, 0.15) is 20.7 Å². The number of thiocarbonyl (C=S) groups is 1. The van der Waals surface area contributed by atoms with E-state index >= 15 is 0 Å². The second-order valence-corrected chi connectivity index (χ2v) is 6.67. The van der Waals surface area contributed by atoms with E-state index in [0.717, 1.165) is 0 Å². The number of nitrogens with one attached hydrogen (secondary N) is 2. The highest BCUT2D eigenvalue weighted by Gasteiger charge is 2.14. The Morgan fingerprint density at radius 1 is 1.08 bits per heavy atom. The van der Waals surface area contributed by atoms with E-state index in [1.807, 2.05) is 0 Å². The Bertz CT molecular complexity index is 845. The number of rotatable bonds is 3. The quantitative estimate of drug-likeness (QED) is 0.600. The molecule has 24 heavy (non-hydrogen) atoms. The van der Waals surface area contributed by atoms with Gasteiger partial charge < -0.3 is 10.4 Å². The number of carbonyl (C=O) groups excluding carboxylic acids is 1. The minimum Gasteiger partial charge on any atom is -0.478 e. The van der Waals surface area contributed by atoms with E-state index in [1.165, 1.54) is 18.2 Å². The Labute approximate surface area is 161 Å². The van der Waals surface area contributed by atoms with Crippen molar-refractivity contribution in [2.24, 2.45) is 0 Å². The maximum absolute atomic E-state index is 12.2. The predicted octanol–water partition coefficient (Wildman–Crippen LogP) is 4.58. The van der Waals surface area contributed by atoms with Crippen molar-refractivity contribution in [3.8, 4) is 0 Å². The standard InChI is InChI=1S/C15H9BrCl2N2O3S/c16-8-2-4-10(17)9(6-8)13(21)20-15(24)19-12-5-7(14(22)23)1-3-11(12)18/h1-6H,(H,22,23)(H2,19,20,21,24). The Kier molecular flexibility index (Phi) is 6.17. The van der Waals surface area contributed by atoms with Crippen LogP contribution in [0.25, 0.3) is 0 Å². The number of carboxylic acid groups (broad SMARTS) is 1. The fourth-order valence-corrected chi connectivity index (χ4v) is 2.68. The number of halogens is 3. The highest BCUT2D eigenvalue weighted by atomic mass is 79.9. The molecule has 0 bridgehead atoms. The zero-order valence-corrected chi connectivity index (χ0v) is 15.7. The Hall–Kier alpha value is -1.67. The van der Waals surface area contributed by atoms with Crippen molar-refractivity contribution in [3.05, 3.63) is 62.0 Å². The second kappa shape index (κ2) is 7.94. The van der Waals surface area contributed by atoms with Gasteiger partial charge in [0.25, 0.3) is 5.91 Å². The van der Waals surface area contributed by atoms with Crippen molar-refractivity contribution in [1.29, 1.82) is 0 Å². The molecule has 3 N–H and O–H groups in total. The average molecular weight is 448 g/mol. The molecule has 5 nitrogen and oxygen atoms in total. The highest BCUT2D eigenvalue weighted by molar-refractivity contribution is 9.10. The van der Waals surface area contributed by atoms with Gasteiger partial charge in [0.1, 0.15) is 0 Å². The van der Waals surface area contributed by atoms with Gasteiger partial charge in [0.05, 0.1) is 26.9 Å². The highest BCUT2D eigenvalue weighted by Crippen LogP contribution is 2.24. The predicted molar refractivity (Wildman–Crippen MR) is 101 cm³/mol. The molecule has 124 valence electrons. The lowest BCUT2D eigenvalue weighted by Gasteiger charge is -2.12. The summed E-state index contributed by atoms with van der Waals surface area (Å²) in [6.45, 7) is 0. The van der Waals surface area contributed by atoms with Gasteiger partial charge in [-0.1, -0.05) is 39.1 Å². The van der Waals surface area contributed by atoms with E-state index in [0.29, 0.717) is 4.47 Å². The van der Waals surface area contributed by atoms with E-state index in [2.05, 4.69) is 26.6 Å². The second-order valence-electron chi connectivity index (χ2n) is 4.53. The minimum atomic E-state index is -1.11. The molecule has 2 rings (SSSR count). The molecule has 2 aromatic carbocycles. The molecule has 0 heterocycles. The molecule has 0 aliphatic carbocycles. The SMILES string of the molecule is O=C(O)c1ccc(Cl)c(NC(=S)NC(=O)c2cc(Br)ccc2Cl)c1. The summed E-state index contributed by atoms with van der Waals surface area (Å²) < 4.78 is 0.688. The summed E-state index contributed by atoms with van der Waals surface area (Å²) in [7, 11) is 0. The first kappa shape index (κ1) is 18.7. The first-order valence-electron chi connectivity index (χ1n) is 6.38. The van der Waals surface area contributed by atoms with Gasteiger partial charge in [-0.15, -0.1) is 0 Å². The monoisotopic (exact) mass is 446 g/mol. The van der Waals surface area contributed by atoms with Gasteiger partial charge in [-0.2, -0.15) is 0 Å². The number of aromatic carboxylic acids is 1. The maximum atomic E-state index is 12.2. The lowest BCUT2D eigenvalue weighted by molar-refractivity contribution is 0.0696. The van der Waals surface area contributed by atoms with E-state index in [4.69, 9.17) is 40.5 Å². The van der Waals surface area contributed by atoms with Crippen LogP contribution >= 0.6 is 51.3 Å². The van der Waals surface area contributed by atoms with Crippen LogP contribution in [0.5, 0.6) is 0 Å². The number of anilines is 1. The van der Waals surface area contributed by atoms with E-state index in [1.54, 1.807) is 18.2 Å². The van der Waals surface area contributed by atoms with Crippen molar-refractivity contribution < 1.29 is 14.7 Å². The van der Waals surface area contributed by atoms with Crippen LogP contribution in [0.15, 0.2) is 40.9 Å². The number of benzene rings is 2. The summed E-state index contributed by atoms with van der Waals surface area (Å²) in [4.78, 5) is 23.2. The molecule has 1 amide bonds. The largest absolute Gasteiger partial charge is 0.478 e. The summed E-state index contributed by atoms with van der Waals surface area (Å²) in [6.07, 6.45) is 0. The van der Waals surface area contributed by atoms with Gasteiger partial charge in [0.2, 0.25) is 0 Å². The van der Waals surface area contributed by atoms with Crippen LogP contribution < -0.4 is 10.6 Å². The molecule has 0 spiro atoms. The average Bonchev–Trinajstić information content (AvgIpc) is 2.51.